The van der Waals surface area contributed by atoms with Gasteiger partial charge in [0, 0.05) is 26.2 Å². The molecule has 7 nitrogen and oxygen atoms in total. The van der Waals surface area contributed by atoms with Crippen molar-refractivity contribution in [2.45, 2.75) is 65.2 Å². The van der Waals surface area contributed by atoms with Crippen molar-refractivity contribution in [2.75, 3.05) is 19.8 Å². The molecule has 2 N–H and O–H groups in total. The summed E-state index contributed by atoms with van der Waals surface area (Å²) in [6.07, 6.45) is 3.30. The van der Waals surface area contributed by atoms with Crippen LogP contribution in [-0.4, -0.2) is 42.5 Å². The first kappa shape index (κ1) is 30.1. The minimum Gasteiger partial charge on any atom is -0.493 e. The van der Waals surface area contributed by atoms with Gasteiger partial charge >= 0.3 is 0 Å². The van der Waals surface area contributed by atoms with Crippen LogP contribution in [0.4, 0.5) is 4.39 Å². The van der Waals surface area contributed by atoms with Gasteiger partial charge < -0.3 is 25.0 Å². The number of benzene rings is 3. The number of nitrogens with zero attached hydrogens (tertiary/aromatic N) is 1. The summed E-state index contributed by atoms with van der Waals surface area (Å²) in [5.41, 5.74) is 3.92. The zero-order chi connectivity index (χ0) is 29.0. The van der Waals surface area contributed by atoms with Crippen molar-refractivity contribution >= 4 is 11.8 Å². The molecule has 0 aromatic heterocycles. The Morgan fingerprint density at radius 3 is 2.56 bits per heavy atom. The smallest absolute Gasteiger partial charge is 0.261 e. The molecule has 0 aliphatic carbocycles. The minimum atomic E-state index is -0.549. The van der Waals surface area contributed by atoms with Gasteiger partial charge in [0.2, 0.25) is 5.91 Å². The lowest BCUT2D eigenvalue weighted by Crippen LogP contribution is -2.49. The number of aryl methyl sites for hydroxylation is 1. The molecule has 0 radical (unpaired) electrons. The molecule has 1 atom stereocenters. The lowest BCUT2D eigenvalue weighted by atomic mass is 10.1. The van der Waals surface area contributed by atoms with Gasteiger partial charge in [0.25, 0.3) is 5.91 Å². The summed E-state index contributed by atoms with van der Waals surface area (Å²) < 4.78 is 24.9. The SMILES string of the molecule is CCCOc1ccc(CN(C(=O)COc2cccc(CNCc3ccc(F)cc3)c2)C2CCCCNC2=O)cc1C. The number of nitrogens with one attached hydrogen (secondary N) is 2. The van der Waals surface area contributed by atoms with Crippen LogP contribution in [0.1, 0.15) is 54.9 Å². The summed E-state index contributed by atoms with van der Waals surface area (Å²) in [6, 6.07) is 19.3. The van der Waals surface area contributed by atoms with Gasteiger partial charge in [-0.1, -0.05) is 43.3 Å². The van der Waals surface area contributed by atoms with Crippen molar-refractivity contribution in [3.8, 4) is 11.5 Å². The monoisotopic (exact) mass is 561 g/mol. The first-order valence-electron chi connectivity index (χ1n) is 14.4. The van der Waals surface area contributed by atoms with Gasteiger partial charge in [-0.15, -0.1) is 0 Å². The maximum Gasteiger partial charge on any atom is 0.261 e. The van der Waals surface area contributed by atoms with Crippen LogP contribution in [0.15, 0.2) is 66.7 Å². The van der Waals surface area contributed by atoms with Crippen LogP contribution in [0.2, 0.25) is 0 Å². The molecule has 0 spiro atoms. The highest BCUT2D eigenvalue weighted by atomic mass is 19.1. The van der Waals surface area contributed by atoms with Gasteiger partial charge in [-0.3, -0.25) is 9.59 Å². The molecular formula is C33H40FN3O4. The molecule has 1 aliphatic heterocycles. The zero-order valence-corrected chi connectivity index (χ0v) is 24.0. The highest BCUT2D eigenvalue weighted by Crippen LogP contribution is 2.23. The number of rotatable bonds is 13. The number of hydrogen-bond acceptors (Lipinski definition) is 5. The summed E-state index contributed by atoms with van der Waals surface area (Å²) in [5, 5.41) is 6.30. The summed E-state index contributed by atoms with van der Waals surface area (Å²) in [6.45, 7) is 6.66. The van der Waals surface area contributed by atoms with E-state index in [2.05, 4.69) is 17.6 Å². The number of hydrogen-bond donors (Lipinski definition) is 2. The fourth-order valence-corrected chi connectivity index (χ4v) is 4.90. The van der Waals surface area contributed by atoms with E-state index in [9.17, 15) is 14.0 Å². The second-order valence-electron chi connectivity index (χ2n) is 10.4. The molecule has 218 valence electrons. The summed E-state index contributed by atoms with van der Waals surface area (Å²) >= 11 is 0. The third-order valence-corrected chi connectivity index (χ3v) is 7.09. The van der Waals surface area contributed by atoms with E-state index >= 15 is 0 Å². The minimum absolute atomic E-state index is 0.121. The standard InChI is InChI=1S/C33H40FN3O4/c1-3-17-40-31-15-12-27(18-24(31)2)22-37(30-9-4-5-16-36-33(30)39)32(38)23-41-29-8-6-7-26(19-29)21-35-20-25-10-13-28(34)14-11-25/h6-8,10-15,18-19,30,35H,3-5,9,16-17,20-23H2,1-2H3,(H,36,39). The summed E-state index contributed by atoms with van der Waals surface area (Å²) in [7, 11) is 0. The van der Waals surface area contributed by atoms with Crippen LogP contribution >= 0.6 is 0 Å². The average molecular weight is 562 g/mol. The number of carbonyl (C=O) groups is 2. The van der Waals surface area contributed by atoms with Crippen LogP contribution in [0, 0.1) is 12.7 Å². The van der Waals surface area contributed by atoms with E-state index in [4.69, 9.17) is 9.47 Å². The van der Waals surface area contributed by atoms with Crippen molar-refractivity contribution in [3.63, 3.8) is 0 Å². The molecular weight excluding hydrogens is 521 g/mol. The van der Waals surface area contributed by atoms with E-state index in [-0.39, 0.29) is 24.2 Å². The molecule has 1 saturated heterocycles. The molecule has 4 rings (SSSR count). The Bertz CT molecular complexity index is 1300. The Hall–Kier alpha value is -3.91. The lowest BCUT2D eigenvalue weighted by Gasteiger charge is -2.30. The second-order valence-corrected chi connectivity index (χ2v) is 10.4. The molecule has 3 aromatic carbocycles. The Kier molecular flexibility index (Phi) is 11.1. The maximum atomic E-state index is 13.6. The predicted molar refractivity (Wildman–Crippen MR) is 157 cm³/mol. The van der Waals surface area contributed by atoms with Gasteiger partial charge in [-0.2, -0.15) is 0 Å². The second kappa shape index (κ2) is 15.2. The molecule has 8 heteroatoms. The fourth-order valence-electron chi connectivity index (χ4n) is 4.90. The number of carbonyl (C=O) groups excluding carboxylic acids is 2. The average Bonchev–Trinajstić information content (AvgIpc) is 3.19. The van der Waals surface area contributed by atoms with Crippen LogP contribution < -0.4 is 20.1 Å². The quantitative estimate of drug-likeness (QED) is 0.297. The van der Waals surface area contributed by atoms with Gasteiger partial charge in [-0.25, -0.2) is 4.39 Å². The van der Waals surface area contributed by atoms with Crippen LogP contribution in [0.25, 0.3) is 0 Å². The fraction of sp³-hybridized carbons (Fsp3) is 0.394. The van der Waals surface area contributed by atoms with Crippen molar-refractivity contribution in [1.82, 2.24) is 15.5 Å². The molecule has 1 unspecified atom stereocenters. The van der Waals surface area contributed by atoms with E-state index in [0.29, 0.717) is 45.0 Å². The molecule has 0 bridgehead atoms. The van der Waals surface area contributed by atoms with E-state index in [1.165, 1.54) is 12.1 Å². The van der Waals surface area contributed by atoms with E-state index in [0.717, 1.165) is 47.3 Å². The summed E-state index contributed by atoms with van der Waals surface area (Å²) in [5.74, 6) is 0.797. The van der Waals surface area contributed by atoms with Gasteiger partial charge in [-0.05, 0) is 85.2 Å². The topological polar surface area (TPSA) is 79.9 Å². The third kappa shape index (κ3) is 9.05. The predicted octanol–water partition coefficient (Wildman–Crippen LogP) is 5.29. The van der Waals surface area contributed by atoms with E-state index in [1.54, 1.807) is 17.0 Å². The Labute approximate surface area is 242 Å². The van der Waals surface area contributed by atoms with E-state index in [1.807, 2.05) is 49.4 Å². The number of halogens is 1. The lowest BCUT2D eigenvalue weighted by molar-refractivity contribution is -0.142. The number of ether oxygens (including phenoxy) is 2. The van der Waals surface area contributed by atoms with Gasteiger partial charge in [0.05, 0.1) is 6.61 Å². The van der Waals surface area contributed by atoms with Gasteiger partial charge in [0.1, 0.15) is 23.4 Å². The Morgan fingerprint density at radius 2 is 1.78 bits per heavy atom. The van der Waals surface area contributed by atoms with E-state index < -0.39 is 6.04 Å². The molecule has 0 saturated carbocycles. The van der Waals surface area contributed by atoms with Crippen LogP contribution in [0.5, 0.6) is 11.5 Å². The first-order valence-corrected chi connectivity index (χ1v) is 14.4. The highest BCUT2D eigenvalue weighted by Gasteiger charge is 2.31. The van der Waals surface area contributed by atoms with Gasteiger partial charge in [0.15, 0.2) is 6.61 Å². The largest absolute Gasteiger partial charge is 0.493 e. The van der Waals surface area contributed by atoms with Crippen LogP contribution in [0.3, 0.4) is 0 Å². The molecule has 3 aromatic rings. The molecule has 1 heterocycles. The normalized spacial score (nSPS) is 15.1. The first-order chi connectivity index (χ1) is 19.9. The Balaban J connectivity index is 1.40. The molecule has 1 fully saturated rings. The summed E-state index contributed by atoms with van der Waals surface area (Å²) in [4.78, 5) is 28.2. The van der Waals surface area contributed by atoms with Crippen molar-refractivity contribution < 1.29 is 23.5 Å². The molecule has 1 aliphatic rings. The molecule has 41 heavy (non-hydrogen) atoms. The maximum absolute atomic E-state index is 13.6. The van der Waals surface area contributed by atoms with Crippen molar-refractivity contribution in [3.05, 3.63) is 94.8 Å². The van der Waals surface area contributed by atoms with Crippen LogP contribution in [-0.2, 0) is 29.2 Å². The Morgan fingerprint density at radius 1 is 1.00 bits per heavy atom. The number of amides is 2. The molecule has 2 amide bonds. The highest BCUT2D eigenvalue weighted by molar-refractivity contribution is 5.88. The van der Waals surface area contributed by atoms with Crippen molar-refractivity contribution in [1.29, 1.82) is 0 Å². The van der Waals surface area contributed by atoms with Crippen molar-refractivity contribution in [2.24, 2.45) is 0 Å². The zero-order valence-electron chi connectivity index (χ0n) is 24.0. The third-order valence-electron chi connectivity index (χ3n) is 7.09.